The average molecular weight is 438 g/mol. The fraction of sp³-hybridized carbons (Fsp3) is 0.870. The molecule has 0 aromatic carbocycles. The molecule has 7 heteroatoms. The molecule has 2 heterocycles. The molecule has 170 valence electrons. The second kappa shape index (κ2) is 9.70. The number of sulfone groups is 1. The normalized spacial score (nSPS) is 23.7. The number of hydrogen-bond acceptors (Lipinski definition) is 5. The van der Waals surface area contributed by atoms with Gasteiger partial charge in [-0.3, -0.25) is 4.90 Å². The molecule has 2 saturated carbocycles. The lowest BCUT2D eigenvalue weighted by Crippen LogP contribution is -2.37. The lowest BCUT2D eigenvalue weighted by atomic mass is 9.89. The Morgan fingerprint density at radius 3 is 2.40 bits per heavy atom. The molecule has 1 aliphatic heterocycles. The van der Waals surface area contributed by atoms with E-state index in [-0.39, 0.29) is 11.9 Å². The van der Waals surface area contributed by atoms with Crippen molar-refractivity contribution in [2.24, 2.45) is 17.8 Å². The zero-order chi connectivity index (χ0) is 21.1. The van der Waals surface area contributed by atoms with Crippen LogP contribution in [0.15, 0.2) is 11.4 Å². The quantitative estimate of drug-likeness (QED) is 0.638. The van der Waals surface area contributed by atoms with Gasteiger partial charge in [0.05, 0.1) is 23.7 Å². The molecule has 0 spiro atoms. The van der Waals surface area contributed by atoms with Gasteiger partial charge in [0.2, 0.25) is 15.0 Å². The van der Waals surface area contributed by atoms with Crippen molar-refractivity contribution in [2.45, 2.75) is 95.5 Å². The topological polar surface area (TPSA) is 75.4 Å². The van der Waals surface area contributed by atoms with Crippen LogP contribution < -0.4 is 0 Å². The Morgan fingerprint density at radius 1 is 1.07 bits per heavy atom. The highest BCUT2D eigenvalue weighted by Gasteiger charge is 2.33. The van der Waals surface area contributed by atoms with Gasteiger partial charge in [-0.15, -0.1) is 0 Å². The molecule has 30 heavy (non-hydrogen) atoms. The van der Waals surface area contributed by atoms with Gasteiger partial charge in [0.15, 0.2) is 0 Å². The zero-order valence-electron chi connectivity index (χ0n) is 18.5. The Kier molecular flexibility index (Phi) is 7.20. The van der Waals surface area contributed by atoms with Crippen LogP contribution in [0.4, 0.5) is 0 Å². The van der Waals surface area contributed by atoms with E-state index in [9.17, 15) is 13.5 Å². The fourth-order valence-electron chi connectivity index (χ4n) is 5.32. The first-order chi connectivity index (χ1) is 14.5. The summed E-state index contributed by atoms with van der Waals surface area (Å²) in [4.78, 5) is 6.87. The summed E-state index contributed by atoms with van der Waals surface area (Å²) in [5, 5.41) is 10.5. The Balaban J connectivity index is 1.49. The molecule has 1 atom stereocenters. The van der Waals surface area contributed by atoms with Gasteiger partial charge >= 0.3 is 0 Å². The summed E-state index contributed by atoms with van der Waals surface area (Å²) in [5.41, 5.74) is 1.05. The van der Waals surface area contributed by atoms with E-state index in [2.05, 4.69) is 14.5 Å². The van der Waals surface area contributed by atoms with E-state index >= 15 is 0 Å². The number of piperidine rings is 1. The van der Waals surface area contributed by atoms with Crippen LogP contribution in [-0.4, -0.2) is 52.9 Å². The molecule has 4 rings (SSSR count). The molecule has 2 aliphatic carbocycles. The second-order valence-electron chi connectivity index (χ2n) is 9.96. The monoisotopic (exact) mass is 437 g/mol. The van der Waals surface area contributed by atoms with E-state index in [1.807, 2.05) is 13.1 Å². The number of aliphatic hydroxyl groups is 1. The maximum atomic E-state index is 13.1. The average Bonchev–Trinajstić information content (AvgIpc) is 3.47. The van der Waals surface area contributed by atoms with Crippen molar-refractivity contribution in [2.75, 3.05) is 18.8 Å². The van der Waals surface area contributed by atoms with Crippen molar-refractivity contribution in [3.8, 4) is 0 Å². The Hall–Kier alpha value is -0.920. The highest BCUT2D eigenvalue weighted by molar-refractivity contribution is 7.91. The van der Waals surface area contributed by atoms with E-state index < -0.39 is 9.84 Å². The fourth-order valence-corrected chi connectivity index (χ4v) is 7.16. The number of nitrogens with zero attached hydrogens (tertiary/aromatic N) is 3. The van der Waals surface area contributed by atoms with Crippen molar-refractivity contribution in [1.29, 1.82) is 0 Å². The molecule has 1 aromatic rings. The van der Waals surface area contributed by atoms with Crippen LogP contribution in [-0.2, 0) is 22.9 Å². The molecule has 1 N–H and O–H groups in total. The molecule has 3 aliphatic rings. The number of imidazole rings is 1. The molecule has 0 unspecified atom stereocenters. The molecule has 6 nitrogen and oxygen atoms in total. The van der Waals surface area contributed by atoms with E-state index in [0.717, 1.165) is 64.0 Å². The van der Waals surface area contributed by atoms with Crippen LogP contribution in [0, 0.1) is 17.8 Å². The van der Waals surface area contributed by atoms with Gasteiger partial charge in [-0.1, -0.05) is 26.2 Å². The third kappa shape index (κ3) is 5.46. The first-order valence-corrected chi connectivity index (χ1v) is 13.8. The summed E-state index contributed by atoms with van der Waals surface area (Å²) in [7, 11) is -3.32. The summed E-state index contributed by atoms with van der Waals surface area (Å²) in [6.45, 7) is 5.51. The molecule has 0 bridgehead atoms. The summed E-state index contributed by atoms with van der Waals surface area (Å²) in [6.07, 6.45) is 12.7. The highest BCUT2D eigenvalue weighted by atomic mass is 32.2. The zero-order valence-corrected chi connectivity index (χ0v) is 19.3. The third-order valence-corrected chi connectivity index (χ3v) is 9.27. The Morgan fingerprint density at radius 2 is 1.77 bits per heavy atom. The highest BCUT2D eigenvalue weighted by Crippen LogP contribution is 2.33. The van der Waals surface area contributed by atoms with Crippen molar-refractivity contribution < 1.29 is 13.5 Å². The number of rotatable bonds is 9. The molecule has 1 saturated heterocycles. The number of aliphatic hydroxyl groups excluding tert-OH is 1. The van der Waals surface area contributed by atoms with Gasteiger partial charge < -0.3 is 9.67 Å². The smallest absolute Gasteiger partial charge is 0.227 e. The lowest BCUT2D eigenvalue weighted by molar-refractivity contribution is 0.0542. The van der Waals surface area contributed by atoms with Crippen molar-refractivity contribution in [1.82, 2.24) is 14.5 Å². The Bertz CT molecular complexity index is 789. The van der Waals surface area contributed by atoms with Gasteiger partial charge in [-0.2, -0.15) is 0 Å². The van der Waals surface area contributed by atoms with Crippen LogP contribution >= 0.6 is 0 Å². The number of aromatic nitrogens is 2. The molecule has 0 radical (unpaired) electrons. The van der Waals surface area contributed by atoms with Crippen LogP contribution in [0.5, 0.6) is 0 Å². The summed E-state index contributed by atoms with van der Waals surface area (Å²) in [5.74, 6) is 1.55. The van der Waals surface area contributed by atoms with Crippen molar-refractivity contribution in [3.05, 3.63) is 11.9 Å². The van der Waals surface area contributed by atoms with Gasteiger partial charge in [0.1, 0.15) is 0 Å². The largest absolute Gasteiger partial charge is 0.393 e. The van der Waals surface area contributed by atoms with Gasteiger partial charge in [0.25, 0.3) is 0 Å². The van der Waals surface area contributed by atoms with Crippen molar-refractivity contribution >= 4 is 9.84 Å². The number of hydrogen-bond donors (Lipinski definition) is 1. The predicted molar refractivity (Wildman–Crippen MR) is 118 cm³/mol. The molecular weight excluding hydrogens is 398 g/mol. The van der Waals surface area contributed by atoms with Crippen LogP contribution in [0.25, 0.3) is 0 Å². The Labute approximate surface area is 182 Å². The van der Waals surface area contributed by atoms with E-state index in [0.29, 0.717) is 22.9 Å². The standard InChI is InChI=1S/C23H39N3O3S/c1-2-22(27)20-10-12-25(13-11-20)16-21-14-24-23(30(28,29)17-19-8-9-19)26(21)15-18-6-4-3-5-7-18/h14,18-20,22,27H,2-13,15-17H2,1H3/t22-/m0/s1. The SMILES string of the molecule is CC[C@H](O)C1CCN(Cc2cnc(S(=O)(=O)CC3CC3)n2CC2CCCCC2)CC1. The predicted octanol–water partition coefficient (Wildman–Crippen LogP) is 3.63. The summed E-state index contributed by atoms with van der Waals surface area (Å²) >= 11 is 0. The maximum absolute atomic E-state index is 13.1. The first kappa shape index (κ1) is 22.3. The summed E-state index contributed by atoms with van der Waals surface area (Å²) < 4.78 is 28.2. The van der Waals surface area contributed by atoms with Crippen LogP contribution in [0.3, 0.4) is 0 Å². The molecule has 1 aromatic heterocycles. The van der Waals surface area contributed by atoms with Gasteiger partial charge in [-0.05, 0) is 75.8 Å². The maximum Gasteiger partial charge on any atom is 0.227 e. The van der Waals surface area contributed by atoms with E-state index in [1.165, 1.54) is 32.1 Å². The third-order valence-electron chi connectivity index (χ3n) is 7.48. The summed E-state index contributed by atoms with van der Waals surface area (Å²) in [6, 6.07) is 0. The second-order valence-corrected chi connectivity index (χ2v) is 11.9. The van der Waals surface area contributed by atoms with E-state index in [1.54, 1.807) is 0 Å². The minimum atomic E-state index is -3.32. The molecule has 0 amide bonds. The van der Waals surface area contributed by atoms with Crippen LogP contribution in [0.1, 0.15) is 76.8 Å². The van der Waals surface area contributed by atoms with Gasteiger partial charge in [-0.25, -0.2) is 13.4 Å². The van der Waals surface area contributed by atoms with Crippen LogP contribution in [0.2, 0.25) is 0 Å². The molecule has 3 fully saturated rings. The van der Waals surface area contributed by atoms with Crippen molar-refractivity contribution in [3.63, 3.8) is 0 Å². The minimum Gasteiger partial charge on any atom is -0.393 e. The number of likely N-dealkylation sites (tertiary alicyclic amines) is 1. The first-order valence-electron chi connectivity index (χ1n) is 12.1. The molecular formula is C23H39N3O3S. The lowest BCUT2D eigenvalue weighted by Gasteiger charge is -2.34. The van der Waals surface area contributed by atoms with Gasteiger partial charge in [0, 0.05) is 13.1 Å². The van der Waals surface area contributed by atoms with E-state index in [4.69, 9.17) is 0 Å². The minimum absolute atomic E-state index is 0.192.